The van der Waals surface area contributed by atoms with Crippen molar-refractivity contribution in [3.8, 4) is 0 Å². The lowest BCUT2D eigenvalue weighted by atomic mass is 9.91. The molecule has 0 N–H and O–H groups in total. The summed E-state index contributed by atoms with van der Waals surface area (Å²) >= 11 is 0. The molecule has 1 aliphatic heterocycles. The van der Waals surface area contributed by atoms with Gasteiger partial charge >= 0.3 is 0 Å². The summed E-state index contributed by atoms with van der Waals surface area (Å²) in [7, 11) is 2.29. The molecule has 0 aromatic heterocycles. The summed E-state index contributed by atoms with van der Waals surface area (Å²) in [6.45, 7) is 3.71. The van der Waals surface area contributed by atoms with Gasteiger partial charge in [0.25, 0.3) is 0 Å². The summed E-state index contributed by atoms with van der Waals surface area (Å²) in [4.78, 5) is 2.57. The van der Waals surface area contributed by atoms with E-state index in [1.165, 1.54) is 32.2 Å². The summed E-state index contributed by atoms with van der Waals surface area (Å²) in [6.07, 6.45) is 5.85. The second kappa shape index (κ2) is 2.78. The second-order valence-electron chi connectivity index (χ2n) is 4.25. The molecule has 1 heterocycles. The van der Waals surface area contributed by atoms with Gasteiger partial charge in [-0.3, -0.25) is 0 Å². The van der Waals surface area contributed by atoms with Crippen molar-refractivity contribution in [1.82, 2.24) is 4.90 Å². The fraction of sp³-hybridized carbons (Fsp3) is 1.00. The Morgan fingerprint density at radius 3 is 2.82 bits per heavy atom. The van der Waals surface area contributed by atoms with E-state index in [0.29, 0.717) is 0 Å². The number of hydrogen-bond acceptors (Lipinski definition) is 1. The van der Waals surface area contributed by atoms with E-state index in [-0.39, 0.29) is 0 Å². The van der Waals surface area contributed by atoms with Crippen molar-refractivity contribution in [2.45, 2.75) is 38.6 Å². The largest absolute Gasteiger partial charge is 0.303 e. The van der Waals surface area contributed by atoms with Gasteiger partial charge in [0, 0.05) is 6.04 Å². The summed E-state index contributed by atoms with van der Waals surface area (Å²) < 4.78 is 0. The van der Waals surface area contributed by atoms with E-state index < -0.39 is 0 Å². The molecule has 0 aromatic carbocycles. The topological polar surface area (TPSA) is 3.24 Å². The molecule has 64 valence electrons. The molecule has 2 fully saturated rings. The maximum absolute atomic E-state index is 2.57. The van der Waals surface area contributed by atoms with Gasteiger partial charge in [0.2, 0.25) is 0 Å². The number of hydrogen-bond donors (Lipinski definition) is 0. The first-order chi connectivity index (χ1) is 5.33. The molecule has 1 aliphatic carbocycles. The highest BCUT2D eigenvalue weighted by Crippen LogP contribution is 2.42. The van der Waals surface area contributed by atoms with Crippen molar-refractivity contribution in [3.63, 3.8) is 0 Å². The van der Waals surface area contributed by atoms with Crippen molar-refractivity contribution < 1.29 is 0 Å². The van der Waals surface area contributed by atoms with E-state index in [4.69, 9.17) is 0 Å². The Morgan fingerprint density at radius 1 is 1.27 bits per heavy atom. The van der Waals surface area contributed by atoms with Crippen LogP contribution in [0.25, 0.3) is 0 Å². The lowest BCUT2D eigenvalue weighted by Crippen LogP contribution is -2.26. The Morgan fingerprint density at radius 2 is 2.09 bits per heavy atom. The third-order valence-corrected chi connectivity index (χ3v) is 3.84. The first-order valence-electron chi connectivity index (χ1n) is 5.03. The van der Waals surface area contributed by atoms with Gasteiger partial charge in [-0.1, -0.05) is 13.3 Å². The van der Waals surface area contributed by atoms with Crippen LogP contribution in [0.1, 0.15) is 32.6 Å². The lowest BCUT2D eigenvalue weighted by Gasteiger charge is -2.19. The van der Waals surface area contributed by atoms with Crippen LogP contribution in [0.2, 0.25) is 0 Å². The van der Waals surface area contributed by atoms with Gasteiger partial charge in [-0.15, -0.1) is 0 Å². The zero-order valence-corrected chi connectivity index (χ0v) is 7.71. The molecule has 1 heteroatoms. The first kappa shape index (κ1) is 7.60. The molecule has 0 amide bonds. The third kappa shape index (κ3) is 1.10. The average Bonchev–Trinajstić information content (AvgIpc) is 2.53. The van der Waals surface area contributed by atoms with Crippen molar-refractivity contribution >= 4 is 0 Å². The molecular formula is C10H19N. The van der Waals surface area contributed by atoms with Crippen molar-refractivity contribution in [2.24, 2.45) is 11.8 Å². The Kier molecular flexibility index (Phi) is 1.92. The van der Waals surface area contributed by atoms with Crippen LogP contribution in [0.15, 0.2) is 0 Å². The zero-order valence-electron chi connectivity index (χ0n) is 7.71. The molecule has 1 saturated heterocycles. The van der Waals surface area contributed by atoms with E-state index in [2.05, 4.69) is 18.9 Å². The van der Waals surface area contributed by atoms with Crippen LogP contribution in [0.3, 0.4) is 0 Å². The Labute approximate surface area is 69.8 Å². The van der Waals surface area contributed by atoms with Crippen LogP contribution in [-0.2, 0) is 0 Å². The molecule has 2 aliphatic rings. The van der Waals surface area contributed by atoms with Crippen molar-refractivity contribution in [1.29, 1.82) is 0 Å². The van der Waals surface area contributed by atoms with Gasteiger partial charge < -0.3 is 4.90 Å². The monoisotopic (exact) mass is 153 g/mol. The first-order valence-corrected chi connectivity index (χ1v) is 5.03. The predicted molar refractivity (Wildman–Crippen MR) is 47.5 cm³/mol. The highest BCUT2D eigenvalue weighted by atomic mass is 15.2. The van der Waals surface area contributed by atoms with Crippen molar-refractivity contribution in [3.05, 3.63) is 0 Å². The molecule has 1 saturated carbocycles. The number of nitrogens with zero attached hydrogens (tertiary/aromatic N) is 1. The van der Waals surface area contributed by atoms with E-state index in [9.17, 15) is 0 Å². The average molecular weight is 153 g/mol. The SMILES string of the molecule is CC[C@@H]1CC[C@@H]2C1CCN2C. The highest BCUT2D eigenvalue weighted by Gasteiger charge is 2.40. The minimum absolute atomic E-state index is 0.958. The minimum atomic E-state index is 0.958. The smallest absolute Gasteiger partial charge is 0.0124 e. The molecule has 11 heavy (non-hydrogen) atoms. The number of rotatable bonds is 1. The quantitative estimate of drug-likeness (QED) is 0.558. The second-order valence-corrected chi connectivity index (χ2v) is 4.25. The zero-order chi connectivity index (χ0) is 7.84. The van der Waals surface area contributed by atoms with Crippen LogP contribution in [0.5, 0.6) is 0 Å². The molecule has 0 aromatic rings. The highest BCUT2D eigenvalue weighted by molar-refractivity contribution is 4.94. The standard InChI is InChI=1S/C10H19N/c1-3-8-4-5-10-9(8)6-7-11(10)2/h8-10H,3-7H2,1-2H3/t8-,9?,10-/m1/s1. The van der Waals surface area contributed by atoms with Gasteiger partial charge in [-0.2, -0.15) is 0 Å². The van der Waals surface area contributed by atoms with Gasteiger partial charge in [0.15, 0.2) is 0 Å². The van der Waals surface area contributed by atoms with E-state index in [1.54, 1.807) is 0 Å². The number of likely N-dealkylation sites (tertiary alicyclic amines) is 1. The third-order valence-electron chi connectivity index (χ3n) is 3.84. The Bertz CT molecular complexity index is 144. The Hall–Kier alpha value is -0.0400. The normalized spacial score (nSPS) is 44.7. The fourth-order valence-electron chi connectivity index (χ4n) is 3.13. The lowest BCUT2D eigenvalue weighted by molar-refractivity contribution is 0.280. The summed E-state index contributed by atoms with van der Waals surface area (Å²) in [5.41, 5.74) is 0. The van der Waals surface area contributed by atoms with Crippen molar-refractivity contribution in [2.75, 3.05) is 13.6 Å². The van der Waals surface area contributed by atoms with Gasteiger partial charge in [0.05, 0.1) is 0 Å². The molecule has 3 atom stereocenters. The summed E-state index contributed by atoms with van der Waals surface area (Å²) in [5.74, 6) is 2.12. The van der Waals surface area contributed by atoms with Crippen LogP contribution in [0.4, 0.5) is 0 Å². The van der Waals surface area contributed by atoms with Crippen LogP contribution in [-0.4, -0.2) is 24.5 Å². The van der Waals surface area contributed by atoms with E-state index in [0.717, 1.165) is 17.9 Å². The van der Waals surface area contributed by atoms with E-state index in [1.807, 2.05) is 0 Å². The fourth-order valence-corrected chi connectivity index (χ4v) is 3.13. The molecule has 0 spiro atoms. The molecule has 1 nitrogen and oxygen atoms in total. The molecule has 0 bridgehead atoms. The molecular weight excluding hydrogens is 134 g/mol. The van der Waals surface area contributed by atoms with Crippen LogP contribution in [0, 0.1) is 11.8 Å². The molecule has 0 radical (unpaired) electrons. The summed E-state index contributed by atoms with van der Waals surface area (Å²) in [5, 5.41) is 0. The molecule has 2 rings (SSSR count). The van der Waals surface area contributed by atoms with Crippen LogP contribution >= 0.6 is 0 Å². The molecule has 1 unspecified atom stereocenters. The van der Waals surface area contributed by atoms with Gasteiger partial charge in [-0.25, -0.2) is 0 Å². The van der Waals surface area contributed by atoms with Gasteiger partial charge in [-0.05, 0) is 44.7 Å². The maximum Gasteiger partial charge on any atom is 0.0124 e. The predicted octanol–water partition coefficient (Wildman–Crippen LogP) is 2.13. The Balaban J connectivity index is 2.04. The maximum atomic E-state index is 2.57. The number of fused-ring (bicyclic) bond motifs is 1. The minimum Gasteiger partial charge on any atom is -0.303 e. The van der Waals surface area contributed by atoms with Gasteiger partial charge in [0.1, 0.15) is 0 Å². The van der Waals surface area contributed by atoms with Crippen LogP contribution < -0.4 is 0 Å². The summed E-state index contributed by atoms with van der Waals surface area (Å²) in [6, 6.07) is 0.958. The van der Waals surface area contributed by atoms with E-state index >= 15 is 0 Å².